The summed E-state index contributed by atoms with van der Waals surface area (Å²) in [4.78, 5) is 15.4. The minimum atomic E-state index is -0.570. The zero-order chi connectivity index (χ0) is 18.8. The molecule has 4 rings (SSSR count). The number of aromatic amines is 2. The van der Waals surface area contributed by atoms with E-state index in [4.69, 9.17) is 0 Å². The standard InChI is InChI=1S/C19H14FN5O2/c20-12-7-5-11(6-8-12)9-15-18(13-3-1-2-4-14(13)21-15)16(26)10-17(27)19-22-24-25-23-19/h1-8,10,21,26H,9H2,(H,22,23,24,25)/b16-10+. The Bertz CT molecular complexity index is 1130. The van der Waals surface area contributed by atoms with Crippen LogP contribution in [-0.2, 0) is 6.42 Å². The summed E-state index contributed by atoms with van der Waals surface area (Å²) >= 11 is 0. The molecular weight excluding hydrogens is 349 g/mol. The molecule has 8 heteroatoms. The largest absolute Gasteiger partial charge is 0.507 e. The van der Waals surface area contributed by atoms with Crippen LogP contribution >= 0.6 is 0 Å². The number of tetrazole rings is 1. The predicted molar refractivity (Wildman–Crippen MR) is 96.6 cm³/mol. The number of benzene rings is 2. The minimum Gasteiger partial charge on any atom is -0.507 e. The van der Waals surface area contributed by atoms with Gasteiger partial charge in [-0.25, -0.2) is 4.39 Å². The molecule has 7 nitrogen and oxygen atoms in total. The number of carbonyl (C=O) groups is 1. The molecule has 0 amide bonds. The first-order valence-electron chi connectivity index (χ1n) is 8.14. The van der Waals surface area contributed by atoms with Gasteiger partial charge >= 0.3 is 0 Å². The summed E-state index contributed by atoms with van der Waals surface area (Å²) < 4.78 is 13.2. The maximum Gasteiger partial charge on any atom is 0.244 e. The molecule has 0 aliphatic rings. The third kappa shape index (κ3) is 3.32. The number of nitrogens with one attached hydrogen (secondary N) is 2. The zero-order valence-electron chi connectivity index (χ0n) is 14.0. The van der Waals surface area contributed by atoms with Crippen molar-refractivity contribution < 1.29 is 14.3 Å². The molecule has 27 heavy (non-hydrogen) atoms. The third-order valence-electron chi connectivity index (χ3n) is 4.17. The molecule has 134 valence electrons. The molecule has 0 saturated carbocycles. The summed E-state index contributed by atoms with van der Waals surface area (Å²) in [5, 5.41) is 24.2. The Morgan fingerprint density at radius 1 is 1.15 bits per heavy atom. The van der Waals surface area contributed by atoms with Crippen LogP contribution in [0, 0.1) is 5.82 Å². The highest BCUT2D eigenvalue weighted by Gasteiger charge is 2.18. The molecule has 2 aromatic carbocycles. The Kier molecular flexibility index (Phi) is 4.21. The Morgan fingerprint density at radius 2 is 1.93 bits per heavy atom. The van der Waals surface area contributed by atoms with Crippen LogP contribution in [0.2, 0.25) is 0 Å². The van der Waals surface area contributed by atoms with Gasteiger partial charge in [-0.3, -0.25) is 4.79 Å². The summed E-state index contributed by atoms with van der Waals surface area (Å²) in [5.74, 6) is -1.23. The third-order valence-corrected chi connectivity index (χ3v) is 4.17. The van der Waals surface area contributed by atoms with Gasteiger partial charge in [-0.2, -0.15) is 5.21 Å². The summed E-state index contributed by atoms with van der Waals surface area (Å²) in [5.41, 5.74) is 2.89. The van der Waals surface area contributed by atoms with Crippen molar-refractivity contribution >= 4 is 22.4 Å². The molecule has 0 bridgehead atoms. The highest BCUT2D eigenvalue weighted by Crippen LogP contribution is 2.29. The fraction of sp³-hybridized carbons (Fsp3) is 0.0526. The number of aromatic nitrogens is 5. The first-order valence-corrected chi connectivity index (χ1v) is 8.14. The number of nitrogens with zero attached hydrogens (tertiary/aromatic N) is 3. The van der Waals surface area contributed by atoms with E-state index in [-0.39, 0.29) is 17.4 Å². The summed E-state index contributed by atoms with van der Waals surface area (Å²) in [7, 11) is 0. The van der Waals surface area contributed by atoms with Crippen molar-refractivity contribution in [3.63, 3.8) is 0 Å². The summed E-state index contributed by atoms with van der Waals surface area (Å²) in [6.45, 7) is 0. The summed E-state index contributed by atoms with van der Waals surface area (Å²) in [6.07, 6.45) is 1.49. The molecule has 3 N–H and O–H groups in total. The number of fused-ring (bicyclic) bond motifs is 1. The fourth-order valence-electron chi connectivity index (χ4n) is 2.96. The van der Waals surface area contributed by atoms with Crippen molar-refractivity contribution in [2.24, 2.45) is 0 Å². The Hall–Kier alpha value is -3.81. The van der Waals surface area contributed by atoms with Crippen molar-refractivity contribution in [2.75, 3.05) is 0 Å². The lowest BCUT2D eigenvalue weighted by atomic mass is 10.0. The van der Waals surface area contributed by atoms with Crippen LogP contribution in [0.25, 0.3) is 16.7 Å². The average Bonchev–Trinajstić information content (AvgIpc) is 3.31. The van der Waals surface area contributed by atoms with Crippen LogP contribution < -0.4 is 0 Å². The number of allylic oxidation sites excluding steroid dienone is 1. The van der Waals surface area contributed by atoms with Crippen LogP contribution in [0.15, 0.2) is 54.6 Å². The van der Waals surface area contributed by atoms with E-state index in [0.717, 1.165) is 22.5 Å². The van der Waals surface area contributed by atoms with E-state index in [1.54, 1.807) is 12.1 Å². The smallest absolute Gasteiger partial charge is 0.244 e. The second kappa shape index (κ2) is 6.83. The number of ketones is 1. The van der Waals surface area contributed by atoms with Gasteiger partial charge in [0.25, 0.3) is 0 Å². The quantitative estimate of drug-likeness (QED) is 0.287. The molecule has 0 unspecified atom stereocenters. The van der Waals surface area contributed by atoms with Crippen LogP contribution in [-0.4, -0.2) is 36.5 Å². The Morgan fingerprint density at radius 3 is 2.67 bits per heavy atom. The molecule has 4 aromatic rings. The van der Waals surface area contributed by atoms with E-state index >= 15 is 0 Å². The first kappa shape index (κ1) is 16.6. The lowest BCUT2D eigenvalue weighted by Gasteiger charge is -2.05. The lowest BCUT2D eigenvalue weighted by molar-refractivity contribution is 0.103. The minimum absolute atomic E-state index is 0.138. The van der Waals surface area contributed by atoms with Crippen LogP contribution in [0.5, 0.6) is 0 Å². The van der Waals surface area contributed by atoms with Crippen LogP contribution in [0.1, 0.15) is 27.4 Å². The SMILES string of the molecule is O=C(/C=C(/O)c1c(Cc2ccc(F)cc2)[nH]c2ccccc12)c1nn[nH]n1. The Labute approximate surface area is 152 Å². The van der Waals surface area contributed by atoms with Gasteiger partial charge in [-0.1, -0.05) is 30.3 Å². The molecule has 0 saturated heterocycles. The topological polar surface area (TPSA) is 108 Å². The molecule has 0 fully saturated rings. The van der Waals surface area contributed by atoms with Gasteiger partial charge in [0.15, 0.2) is 0 Å². The number of aliphatic hydroxyl groups excluding tert-OH is 1. The Balaban J connectivity index is 1.78. The zero-order valence-corrected chi connectivity index (χ0v) is 14.0. The van der Waals surface area contributed by atoms with Crippen molar-refractivity contribution in [2.45, 2.75) is 6.42 Å². The molecule has 0 aliphatic heterocycles. The number of para-hydroxylation sites is 1. The summed E-state index contributed by atoms with van der Waals surface area (Å²) in [6, 6.07) is 13.6. The van der Waals surface area contributed by atoms with Crippen molar-refractivity contribution in [1.29, 1.82) is 0 Å². The molecule has 0 spiro atoms. The average molecular weight is 363 g/mol. The molecule has 2 heterocycles. The molecule has 0 atom stereocenters. The van der Waals surface area contributed by atoms with Gasteiger partial charge in [0.2, 0.25) is 11.6 Å². The van der Waals surface area contributed by atoms with E-state index in [2.05, 4.69) is 25.6 Å². The van der Waals surface area contributed by atoms with Gasteiger partial charge in [-0.15, -0.1) is 10.2 Å². The second-order valence-corrected chi connectivity index (χ2v) is 5.96. The number of hydrogen-bond donors (Lipinski definition) is 3. The maximum atomic E-state index is 13.2. The second-order valence-electron chi connectivity index (χ2n) is 5.96. The van der Waals surface area contributed by atoms with Crippen molar-refractivity contribution in [3.05, 3.63) is 83.1 Å². The monoisotopic (exact) mass is 363 g/mol. The number of hydrogen-bond acceptors (Lipinski definition) is 5. The van der Waals surface area contributed by atoms with Gasteiger partial charge in [0.1, 0.15) is 11.6 Å². The van der Waals surface area contributed by atoms with E-state index < -0.39 is 5.78 Å². The fourth-order valence-corrected chi connectivity index (χ4v) is 2.96. The van der Waals surface area contributed by atoms with Gasteiger partial charge in [-0.05, 0) is 29.0 Å². The normalized spacial score (nSPS) is 11.8. The molecule has 2 aromatic heterocycles. The number of carbonyl (C=O) groups excluding carboxylic acids is 1. The van der Waals surface area contributed by atoms with E-state index in [1.165, 1.54) is 12.1 Å². The van der Waals surface area contributed by atoms with E-state index in [1.807, 2.05) is 24.3 Å². The first-order chi connectivity index (χ1) is 13.1. The van der Waals surface area contributed by atoms with E-state index in [9.17, 15) is 14.3 Å². The lowest BCUT2D eigenvalue weighted by Crippen LogP contribution is -2.01. The predicted octanol–water partition coefficient (Wildman–Crippen LogP) is 3.19. The molecular formula is C19H14FN5O2. The number of halogens is 1. The number of H-pyrrole nitrogens is 2. The van der Waals surface area contributed by atoms with Crippen LogP contribution in [0.4, 0.5) is 4.39 Å². The van der Waals surface area contributed by atoms with Gasteiger partial charge < -0.3 is 10.1 Å². The van der Waals surface area contributed by atoms with Crippen molar-refractivity contribution in [3.8, 4) is 0 Å². The van der Waals surface area contributed by atoms with Crippen molar-refractivity contribution in [1.82, 2.24) is 25.6 Å². The van der Waals surface area contributed by atoms with Gasteiger partial charge in [0.05, 0.1) is 0 Å². The maximum absolute atomic E-state index is 13.2. The van der Waals surface area contributed by atoms with E-state index in [0.29, 0.717) is 17.7 Å². The molecule has 0 aliphatic carbocycles. The number of rotatable bonds is 5. The highest BCUT2D eigenvalue weighted by molar-refractivity contribution is 6.07. The molecule has 0 radical (unpaired) electrons. The van der Waals surface area contributed by atoms with Crippen LogP contribution in [0.3, 0.4) is 0 Å². The van der Waals surface area contributed by atoms with Gasteiger partial charge in [0, 0.05) is 34.7 Å². The number of aliphatic hydroxyl groups is 1. The highest BCUT2D eigenvalue weighted by atomic mass is 19.1.